The molecule has 3 aromatic heterocycles. The molecule has 0 aromatic carbocycles. The van der Waals surface area contributed by atoms with E-state index in [1.165, 1.54) is 24.4 Å². The molecule has 162 valence electrons. The Hall–Kier alpha value is -4.04. The van der Waals surface area contributed by atoms with Gasteiger partial charge in [0, 0.05) is 24.5 Å². The van der Waals surface area contributed by atoms with Gasteiger partial charge in [-0.15, -0.1) is 0 Å². The average Bonchev–Trinajstić information content (AvgIpc) is 3.31. The monoisotopic (exact) mass is 439 g/mol. The zero-order valence-corrected chi connectivity index (χ0v) is 16.5. The SMILES string of the molecule is N#Cc1cc(Nc2cc(NCC3C=CCO3)nc(-c3cccc(C(F)(F)F)n3)n2)ccn1. The standard InChI is InChI=1S/C21H16F3N7O/c22-21(23,24)17-5-1-4-16(29-17)20-30-18(27-12-15-3-2-8-32-15)10-19(31-20)28-13-6-7-26-14(9-13)11-25/h1-7,9-10,15H,8,12H2,(H2,26,27,28,30,31). The molecule has 1 unspecified atom stereocenters. The second-order valence-electron chi connectivity index (χ2n) is 6.72. The number of halogens is 3. The van der Waals surface area contributed by atoms with E-state index >= 15 is 0 Å². The minimum absolute atomic E-state index is 0.000968. The van der Waals surface area contributed by atoms with E-state index in [1.807, 2.05) is 18.2 Å². The van der Waals surface area contributed by atoms with Gasteiger partial charge in [0.1, 0.15) is 34.8 Å². The van der Waals surface area contributed by atoms with Crippen molar-refractivity contribution in [1.29, 1.82) is 5.26 Å². The Morgan fingerprint density at radius 1 is 1.12 bits per heavy atom. The van der Waals surface area contributed by atoms with Crippen LogP contribution in [0.25, 0.3) is 11.5 Å². The lowest BCUT2D eigenvalue weighted by molar-refractivity contribution is -0.141. The van der Waals surface area contributed by atoms with Gasteiger partial charge in [0.2, 0.25) is 0 Å². The average molecular weight is 439 g/mol. The van der Waals surface area contributed by atoms with E-state index in [4.69, 9.17) is 10.00 Å². The van der Waals surface area contributed by atoms with Crippen molar-refractivity contribution in [2.75, 3.05) is 23.8 Å². The van der Waals surface area contributed by atoms with Crippen molar-refractivity contribution in [3.05, 3.63) is 66.1 Å². The molecule has 0 spiro atoms. The Bertz CT molecular complexity index is 1190. The van der Waals surface area contributed by atoms with E-state index in [0.29, 0.717) is 30.5 Å². The van der Waals surface area contributed by atoms with Crippen molar-refractivity contribution in [2.24, 2.45) is 0 Å². The first kappa shape index (κ1) is 21.2. The molecular formula is C21H16F3N7O. The predicted octanol–water partition coefficient (Wildman–Crippen LogP) is 3.93. The third kappa shape index (κ3) is 5.16. The van der Waals surface area contributed by atoms with Gasteiger partial charge < -0.3 is 15.4 Å². The van der Waals surface area contributed by atoms with Gasteiger partial charge in [-0.25, -0.2) is 19.9 Å². The lowest BCUT2D eigenvalue weighted by Gasteiger charge is -2.14. The van der Waals surface area contributed by atoms with Crippen LogP contribution in [0.15, 0.2) is 54.7 Å². The molecule has 1 aliphatic rings. The number of rotatable bonds is 6. The number of anilines is 3. The summed E-state index contributed by atoms with van der Waals surface area (Å²) >= 11 is 0. The molecule has 0 aliphatic carbocycles. The van der Waals surface area contributed by atoms with Gasteiger partial charge >= 0.3 is 6.18 Å². The summed E-state index contributed by atoms with van der Waals surface area (Å²) in [5.41, 5.74) is -0.335. The normalized spacial score (nSPS) is 15.4. The van der Waals surface area contributed by atoms with Gasteiger partial charge in [-0.2, -0.15) is 18.4 Å². The number of aromatic nitrogens is 4. The number of ether oxygens (including phenoxy) is 1. The minimum atomic E-state index is -4.59. The fourth-order valence-corrected chi connectivity index (χ4v) is 2.92. The van der Waals surface area contributed by atoms with Crippen molar-refractivity contribution in [2.45, 2.75) is 12.3 Å². The first-order valence-electron chi connectivity index (χ1n) is 9.50. The molecule has 8 nitrogen and oxygen atoms in total. The van der Waals surface area contributed by atoms with Crippen LogP contribution in [0.1, 0.15) is 11.4 Å². The summed E-state index contributed by atoms with van der Waals surface area (Å²) in [4.78, 5) is 16.2. The van der Waals surface area contributed by atoms with Crippen LogP contribution in [0.3, 0.4) is 0 Å². The molecule has 4 rings (SSSR count). The largest absolute Gasteiger partial charge is 0.433 e. The number of nitriles is 1. The third-order valence-corrected chi connectivity index (χ3v) is 4.38. The van der Waals surface area contributed by atoms with Crippen LogP contribution < -0.4 is 10.6 Å². The third-order valence-electron chi connectivity index (χ3n) is 4.38. The molecule has 2 N–H and O–H groups in total. The molecule has 0 amide bonds. The molecule has 0 fully saturated rings. The van der Waals surface area contributed by atoms with Gasteiger partial charge in [0.25, 0.3) is 0 Å². The molecule has 1 atom stereocenters. The van der Waals surface area contributed by atoms with Crippen LogP contribution in [0.5, 0.6) is 0 Å². The van der Waals surface area contributed by atoms with Gasteiger partial charge in [-0.3, -0.25) is 0 Å². The lowest BCUT2D eigenvalue weighted by Crippen LogP contribution is -2.19. The van der Waals surface area contributed by atoms with Gasteiger partial charge in [0.05, 0.1) is 12.7 Å². The zero-order valence-electron chi connectivity index (χ0n) is 16.5. The highest BCUT2D eigenvalue weighted by Crippen LogP contribution is 2.29. The second kappa shape index (κ2) is 8.99. The fraction of sp³-hybridized carbons (Fsp3) is 0.190. The van der Waals surface area contributed by atoms with E-state index in [1.54, 1.807) is 12.1 Å². The number of alkyl halides is 3. The Morgan fingerprint density at radius 3 is 2.72 bits per heavy atom. The van der Waals surface area contributed by atoms with E-state index in [2.05, 4.69) is 30.6 Å². The predicted molar refractivity (Wildman–Crippen MR) is 110 cm³/mol. The molecule has 4 heterocycles. The molecule has 0 bridgehead atoms. The Morgan fingerprint density at radius 2 is 1.97 bits per heavy atom. The van der Waals surface area contributed by atoms with Crippen LogP contribution in [-0.2, 0) is 10.9 Å². The highest BCUT2D eigenvalue weighted by molar-refractivity contribution is 5.64. The number of nitrogens with one attached hydrogen (secondary N) is 2. The van der Waals surface area contributed by atoms with Gasteiger partial charge in [-0.1, -0.05) is 18.2 Å². The summed E-state index contributed by atoms with van der Waals surface area (Å²) in [5.74, 6) is 0.672. The first-order chi connectivity index (χ1) is 15.4. The number of hydrogen-bond donors (Lipinski definition) is 2. The van der Waals surface area contributed by atoms with E-state index in [-0.39, 0.29) is 23.3 Å². The van der Waals surface area contributed by atoms with E-state index in [9.17, 15) is 13.2 Å². The lowest BCUT2D eigenvalue weighted by atomic mass is 10.2. The molecule has 1 aliphatic heterocycles. The molecule has 11 heteroatoms. The van der Waals surface area contributed by atoms with Crippen LogP contribution in [0.2, 0.25) is 0 Å². The van der Waals surface area contributed by atoms with Crippen LogP contribution >= 0.6 is 0 Å². The summed E-state index contributed by atoms with van der Waals surface area (Å²) in [7, 11) is 0. The fourth-order valence-electron chi connectivity index (χ4n) is 2.92. The molecular weight excluding hydrogens is 423 g/mol. The number of hydrogen-bond acceptors (Lipinski definition) is 8. The van der Waals surface area contributed by atoms with E-state index in [0.717, 1.165) is 6.07 Å². The molecule has 0 saturated heterocycles. The molecule has 0 saturated carbocycles. The number of pyridine rings is 2. The van der Waals surface area contributed by atoms with Crippen molar-refractivity contribution >= 4 is 17.3 Å². The van der Waals surface area contributed by atoms with Gasteiger partial charge in [0.15, 0.2) is 5.82 Å². The maximum absolute atomic E-state index is 13.1. The molecule has 0 radical (unpaired) electrons. The van der Waals surface area contributed by atoms with Crippen LogP contribution in [-0.4, -0.2) is 39.2 Å². The summed E-state index contributed by atoms with van der Waals surface area (Å²) in [6.45, 7) is 0.932. The summed E-state index contributed by atoms with van der Waals surface area (Å²) in [6.07, 6.45) is 0.524. The smallest absolute Gasteiger partial charge is 0.368 e. The molecule has 3 aromatic rings. The highest BCUT2D eigenvalue weighted by atomic mass is 19.4. The van der Waals surface area contributed by atoms with Crippen LogP contribution in [0.4, 0.5) is 30.5 Å². The molecule has 32 heavy (non-hydrogen) atoms. The summed E-state index contributed by atoms with van der Waals surface area (Å²) in [6, 6.07) is 10.2. The Kier molecular flexibility index (Phi) is 5.96. The van der Waals surface area contributed by atoms with Gasteiger partial charge in [-0.05, 0) is 24.3 Å². The number of nitrogens with zero attached hydrogens (tertiary/aromatic N) is 5. The zero-order chi connectivity index (χ0) is 22.6. The maximum Gasteiger partial charge on any atom is 0.433 e. The topological polar surface area (TPSA) is 109 Å². The highest BCUT2D eigenvalue weighted by Gasteiger charge is 2.32. The van der Waals surface area contributed by atoms with Crippen molar-refractivity contribution in [1.82, 2.24) is 19.9 Å². The summed E-state index contributed by atoms with van der Waals surface area (Å²) < 4.78 is 44.8. The van der Waals surface area contributed by atoms with E-state index < -0.39 is 11.9 Å². The maximum atomic E-state index is 13.1. The van der Waals surface area contributed by atoms with Crippen molar-refractivity contribution < 1.29 is 17.9 Å². The second-order valence-corrected chi connectivity index (χ2v) is 6.72. The Labute approximate surface area is 180 Å². The summed E-state index contributed by atoms with van der Waals surface area (Å²) in [5, 5.41) is 15.2. The van der Waals surface area contributed by atoms with Crippen molar-refractivity contribution in [3.63, 3.8) is 0 Å². The first-order valence-corrected chi connectivity index (χ1v) is 9.50. The van der Waals surface area contributed by atoms with Crippen molar-refractivity contribution in [3.8, 4) is 17.6 Å². The van der Waals surface area contributed by atoms with Crippen LogP contribution in [0, 0.1) is 11.3 Å². The minimum Gasteiger partial charge on any atom is -0.368 e. The quantitative estimate of drug-likeness (QED) is 0.556. The Balaban J connectivity index is 1.68.